The monoisotopic (exact) mass is 222 g/mol. The molecular weight excluding hydrogens is 212 g/mol. The van der Waals surface area contributed by atoms with Gasteiger partial charge in [0.2, 0.25) is 0 Å². The molecule has 0 rings (SSSR count). The minimum Gasteiger partial charge on any atom is -0.358 e. The molecule has 74 valence electrons. The van der Waals surface area contributed by atoms with Gasteiger partial charge < -0.3 is 13.6 Å². The van der Waals surface area contributed by atoms with Crippen molar-refractivity contribution in [1.29, 1.82) is 0 Å². The first kappa shape index (κ1) is 12.3. The molecular formula is C4H10F3O3PSi. The summed E-state index contributed by atoms with van der Waals surface area (Å²) < 4.78 is 43.2. The Hall–Kier alpha value is 0.317. The Balaban J connectivity index is 3.51. The van der Waals surface area contributed by atoms with Gasteiger partial charge in [-0.1, -0.05) is 0 Å². The summed E-state index contributed by atoms with van der Waals surface area (Å²) in [6.07, 6.45) is -4.41. The standard InChI is InChI=1S/C4H10F3O3PSi/c1-12(2)10-11(8)9-3-4(5,6)7/h8,12H,3H2,1-2H3. The molecule has 1 N–H and O–H groups in total. The topological polar surface area (TPSA) is 38.7 Å². The van der Waals surface area contributed by atoms with Gasteiger partial charge in [-0.15, -0.1) is 0 Å². The first-order valence-corrected chi connectivity index (χ1v) is 7.08. The van der Waals surface area contributed by atoms with Crippen LogP contribution in [0.25, 0.3) is 0 Å². The van der Waals surface area contributed by atoms with Crippen LogP contribution in [0.4, 0.5) is 13.2 Å². The van der Waals surface area contributed by atoms with Crippen molar-refractivity contribution >= 4 is 17.6 Å². The van der Waals surface area contributed by atoms with Crippen molar-refractivity contribution in [2.45, 2.75) is 19.3 Å². The van der Waals surface area contributed by atoms with Crippen molar-refractivity contribution in [3.8, 4) is 0 Å². The number of hydrogen-bond acceptors (Lipinski definition) is 3. The Kier molecular flexibility index (Phi) is 5.27. The van der Waals surface area contributed by atoms with Crippen molar-refractivity contribution in [3.63, 3.8) is 0 Å². The van der Waals surface area contributed by atoms with Crippen LogP contribution < -0.4 is 0 Å². The molecule has 0 aliphatic heterocycles. The molecule has 0 bridgehead atoms. The third-order valence-corrected chi connectivity index (χ3v) is 3.40. The fourth-order valence-electron chi connectivity index (χ4n) is 0.339. The maximum absolute atomic E-state index is 11.5. The molecule has 0 aromatic rings. The number of halogens is 3. The molecule has 12 heavy (non-hydrogen) atoms. The van der Waals surface area contributed by atoms with Crippen molar-refractivity contribution in [2.75, 3.05) is 6.61 Å². The van der Waals surface area contributed by atoms with Gasteiger partial charge in [0.15, 0.2) is 15.6 Å². The van der Waals surface area contributed by atoms with Crippen molar-refractivity contribution < 1.29 is 26.8 Å². The fraction of sp³-hybridized carbons (Fsp3) is 1.00. The largest absolute Gasteiger partial charge is 0.412 e. The van der Waals surface area contributed by atoms with Crippen LogP contribution in [0.15, 0.2) is 0 Å². The van der Waals surface area contributed by atoms with Gasteiger partial charge in [0.1, 0.15) is 0 Å². The lowest BCUT2D eigenvalue weighted by atomic mass is 10.7. The quantitative estimate of drug-likeness (QED) is 0.582. The normalized spacial score (nSPS) is 15.2. The molecule has 3 nitrogen and oxygen atoms in total. The third-order valence-electron chi connectivity index (χ3n) is 0.640. The van der Waals surface area contributed by atoms with Crippen LogP contribution >= 0.6 is 8.60 Å². The predicted molar refractivity (Wildman–Crippen MR) is 41.1 cm³/mol. The zero-order chi connectivity index (χ0) is 9.78. The minimum atomic E-state index is -4.41. The summed E-state index contributed by atoms with van der Waals surface area (Å²) in [6.45, 7) is 1.99. The van der Waals surface area contributed by atoms with Gasteiger partial charge in [-0.2, -0.15) is 13.2 Å². The fourth-order valence-corrected chi connectivity index (χ4v) is 2.28. The molecule has 0 aliphatic rings. The zero-order valence-electron chi connectivity index (χ0n) is 6.63. The summed E-state index contributed by atoms with van der Waals surface area (Å²) >= 11 is 0. The highest BCUT2D eigenvalue weighted by Crippen LogP contribution is 2.35. The molecule has 0 saturated heterocycles. The average Bonchev–Trinajstić information content (AvgIpc) is 1.80. The maximum Gasteiger partial charge on any atom is 0.412 e. The maximum atomic E-state index is 11.5. The first-order valence-electron chi connectivity index (χ1n) is 3.16. The van der Waals surface area contributed by atoms with Gasteiger partial charge in [-0.25, -0.2) is 0 Å². The van der Waals surface area contributed by atoms with Crippen molar-refractivity contribution in [3.05, 3.63) is 0 Å². The summed E-state index contributed by atoms with van der Waals surface area (Å²) in [5.74, 6) is 0. The van der Waals surface area contributed by atoms with Gasteiger partial charge in [-0.05, 0) is 13.1 Å². The lowest BCUT2D eigenvalue weighted by molar-refractivity contribution is -0.154. The highest BCUT2D eigenvalue weighted by Gasteiger charge is 2.29. The van der Waals surface area contributed by atoms with Gasteiger partial charge in [0.25, 0.3) is 0 Å². The van der Waals surface area contributed by atoms with Crippen molar-refractivity contribution in [1.82, 2.24) is 0 Å². The van der Waals surface area contributed by atoms with Crippen LogP contribution in [0.3, 0.4) is 0 Å². The second-order valence-corrected chi connectivity index (χ2v) is 5.96. The van der Waals surface area contributed by atoms with Gasteiger partial charge in [-0.3, -0.25) is 0 Å². The molecule has 0 fully saturated rings. The van der Waals surface area contributed by atoms with E-state index in [2.05, 4.69) is 8.74 Å². The Morgan fingerprint density at radius 1 is 1.42 bits per heavy atom. The summed E-state index contributed by atoms with van der Waals surface area (Å²) in [4.78, 5) is 8.74. The molecule has 0 saturated carbocycles. The minimum absolute atomic E-state index is 1.46. The summed E-state index contributed by atoms with van der Waals surface area (Å²) in [5, 5.41) is 0. The summed E-state index contributed by atoms with van der Waals surface area (Å²) in [7, 11) is -3.87. The van der Waals surface area contributed by atoms with E-state index in [4.69, 9.17) is 4.89 Å². The van der Waals surface area contributed by atoms with Crippen LogP contribution in [0, 0.1) is 0 Å². The Bertz CT molecular complexity index is 131. The average molecular weight is 222 g/mol. The molecule has 0 aromatic heterocycles. The van der Waals surface area contributed by atoms with Crippen LogP contribution in [-0.2, 0) is 8.74 Å². The van der Waals surface area contributed by atoms with Crippen molar-refractivity contribution in [2.24, 2.45) is 0 Å². The van der Waals surface area contributed by atoms with Crippen LogP contribution in [0.5, 0.6) is 0 Å². The molecule has 0 aliphatic carbocycles. The van der Waals surface area contributed by atoms with E-state index in [1.165, 1.54) is 0 Å². The Morgan fingerprint density at radius 2 is 1.92 bits per heavy atom. The van der Waals surface area contributed by atoms with Crippen LogP contribution in [-0.4, -0.2) is 26.7 Å². The SMILES string of the molecule is C[SiH](C)OP(O)OCC(F)(F)F. The summed E-state index contributed by atoms with van der Waals surface area (Å²) in [5.41, 5.74) is 0. The first-order chi connectivity index (χ1) is 5.31. The lowest BCUT2D eigenvalue weighted by Gasteiger charge is -2.13. The molecule has 0 spiro atoms. The predicted octanol–water partition coefficient (Wildman–Crippen LogP) is 1.78. The van der Waals surface area contributed by atoms with E-state index in [1.54, 1.807) is 13.1 Å². The van der Waals surface area contributed by atoms with E-state index in [-0.39, 0.29) is 0 Å². The van der Waals surface area contributed by atoms with E-state index in [1.807, 2.05) is 0 Å². The highest BCUT2D eigenvalue weighted by atomic mass is 31.2. The van der Waals surface area contributed by atoms with E-state index in [0.29, 0.717) is 0 Å². The van der Waals surface area contributed by atoms with E-state index in [9.17, 15) is 13.2 Å². The molecule has 0 heterocycles. The smallest absolute Gasteiger partial charge is 0.358 e. The number of hydrogen-bond donors (Lipinski definition) is 1. The molecule has 0 radical (unpaired) electrons. The van der Waals surface area contributed by atoms with Gasteiger partial charge in [0, 0.05) is 0 Å². The molecule has 1 atom stereocenters. The van der Waals surface area contributed by atoms with Gasteiger partial charge in [0.05, 0.1) is 0 Å². The second-order valence-electron chi connectivity index (χ2n) is 2.28. The van der Waals surface area contributed by atoms with E-state index >= 15 is 0 Å². The van der Waals surface area contributed by atoms with Crippen LogP contribution in [0.1, 0.15) is 0 Å². The number of alkyl halides is 3. The van der Waals surface area contributed by atoms with Gasteiger partial charge >= 0.3 is 14.8 Å². The molecule has 0 aromatic carbocycles. The molecule has 0 amide bonds. The highest BCUT2D eigenvalue weighted by molar-refractivity contribution is 7.42. The lowest BCUT2D eigenvalue weighted by Crippen LogP contribution is -2.16. The zero-order valence-corrected chi connectivity index (χ0v) is 8.68. The van der Waals surface area contributed by atoms with Crippen LogP contribution in [0.2, 0.25) is 13.1 Å². The molecule has 8 heteroatoms. The Morgan fingerprint density at radius 3 is 2.25 bits per heavy atom. The third kappa shape index (κ3) is 8.41. The van der Waals surface area contributed by atoms with E-state index < -0.39 is 30.4 Å². The van der Waals surface area contributed by atoms with E-state index in [0.717, 1.165) is 0 Å². The number of rotatable bonds is 4. The Labute approximate surface area is 71.2 Å². The summed E-state index contributed by atoms with van der Waals surface area (Å²) in [6, 6.07) is 0. The molecule has 1 unspecified atom stereocenters. The second kappa shape index (κ2) is 5.13.